The lowest BCUT2D eigenvalue weighted by atomic mass is 9.88. The maximum Gasteiger partial charge on any atom is 0.157 e. The van der Waals surface area contributed by atoms with Crippen LogP contribution in [0.25, 0.3) is 10.3 Å². The number of nitrogens with zero attached hydrogens (tertiary/aromatic N) is 3. The van der Waals surface area contributed by atoms with E-state index < -0.39 is 0 Å². The maximum absolute atomic E-state index is 4.37. The fourth-order valence-electron chi connectivity index (χ4n) is 2.87. The van der Waals surface area contributed by atoms with Gasteiger partial charge in [-0.25, -0.2) is 15.0 Å². The van der Waals surface area contributed by atoms with Crippen LogP contribution in [0.4, 0.5) is 5.82 Å². The molecule has 1 unspecified atom stereocenters. The summed E-state index contributed by atoms with van der Waals surface area (Å²) in [7, 11) is 0. The molecule has 0 spiro atoms. The van der Waals surface area contributed by atoms with Crippen LogP contribution in [0.3, 0.4) is 0 Å². The van der Waals surface area contributed by atoms with Gasteiger partial charge in [0.1, 0.15) is 16.7 Å². The molecule has 0 saturated carbocycles. The molecule has 1 aliphatic rings. The summed E-state index contributed by atoms with van der Waals surface area (Å²) in [5, 5.41) is 3.56. The van der Waals surface area contributed by atoms with Crippen LogP contribution in [-0.2, 0) is 6.42 Å². The Balaban J connectivity index is 1.72. The summed E-state index contributed by atoms with van der Waals surface area (Å²) in [6.45, 7) is 0. The Labute approximate surface area is 120 Å². The van der Waals surface area contributed by atoms with Crippen LogP contribution < -0.4 is 5.32 Å². The van der Waals surface area contributed by atoms with Crippen LogP contribution in [0, 0.1) is 0 Å². The Morgan fingerprint density at radius 3 is 3.10 bits per heavy atom. The van der Waals surface area contributed by atoms with E-state index in [9.17, 15) is 0 Å². The van der Waals surface area contributed by atoms with Gasteiger partial charge in [0.2, 0.25) is 0 Å². The third kappa shape index (κ3) is 1.94. The molecule has 2 aromatic heterocycles. The standard InChI is InChI=1S/C15H14N4S/c1-2-6-11-10(4-1)5-3-7-12(11)19-14-13-15(17-8-16-14)20-9-18-13/h1-2,4,6,8-9,12H,3,5,7H2,(H,16,17,19). The van der Waals surface area contributed by atoms with Gasteiger partial charge in [-0.1, -0.05) is 24.3 Å². The van der Waals surface area contributed by atoms with Gasteiger partial charge >= 0.3 is 0 Å². The SMILES string of the molecule is c1ccc2c(c1)CCCC2Nc1ncnc2scnc12. The van der Waals surface area contributed by atoms with Crippen molar-refractivity contribution in [2.45, 2.75) is 25.3 Å². The molecule has 20 heavy (non-hydrogen) atoms. The van der Waals surface area contributed by atoms with Crippen LogP contribution >= 0.6 is 11.3 Å². The van der Waals surface area contributed by atoms with E-state index in [0.29, 0.717) is 6.04 Å². The van der Waals surface area contributed by atoms with Gasteiger partial charge in [0.25, 0.3) is 0 Å². The molecule has 0 radical (unpaired) electrons. The molecule has 1 atom stereocenters. The summed E-state index contributed by atoms with van der Waals surface area (Å²) in [5.41, 5.74) is 5.53. The first-order chi connectivity index (χ1) is 9.92. The highest BCUT2D eigenvalue weighted by molar-refractivity contribution is 7.16. The topological polar surface area (TPSA) is 50.7 Å². The van der Waals surface area contributed by atoms with Gasteiger partial charge in [-0.05, 0) is 30.4 Å². The lowest BCUT2D eigenvalue weighted by Crippen LogP contribution is -2.18. The minimum absolute atomic E-state index is 0.319. The second kappa shape index (κ2) is 4.83. The van der Waals surface area contributed by atoms with E-state index in [-0.39, 0.29) is 0 Å². The number of aromatic nitrogens is 3. The van der Waals surface area contributed by atoms with Gasteiger partial charge in [0.05, 0.1) is 11.6 Å². The summed E-state index contributed by atoms with van der Waals surface area (Å²) >= 11 is 1.55. The van der Waals surface area contributed by atoms with Crippen molar-refractivity contribution in [2.24, 2.45) is 0 Å². The summed E-state index contributed by atoms with van der Waals surface area (Å²) in [6, 6.07) is 8.98. The van der Waals surface area contributed by atoms with E-state index >= 15 is 0 Å². The van der Waals surface area contributed by atoms with Gasteiger partial charge in [-0.15, -0.1) is 11.3 Å². The highest BCUT2D eigenvalue weighted by Gasteiger charge is 2.21. The largest absolute Gasteiger partial charge is 0.361 e. The second-order valence-corrected chi connectivity index (χ2v) is 5.85. The fourth-order valence-corrected chi connectivity index (χ4v) is 3.50. The van der Waals surface area contributed by atoms with Gasteiger partial charge in [0.15, 0.2) is 5.82 Å². The Bertz CT molecular complexity index is 752. The summed E-state index contributed by atoms with van der Waals surface area (Å²) < 4.78 is 0. The Hall–Kier alpha value is -2.01. The van der Waals surface area contributed by atoms with Crippen LogP contribution in [-0.4, -0.2) is 15.0 Å². The van der Waals surface area contributed by atoms with Crippen molar-refractivity contribution in [3.63, 3.8) is 0 Å². The first-order valence-electron chi connectivity index (χ1n) is 6.80. The van der Waals surface area contributed by atoms with Crippen molar-refractivity contribution in [1.29, 1.82) is 0 Å². The summed E-state index contributed by atoms with van der Waals surface area (Å²) in [5.74, 6) is 0.845. The number of fused-ring (bicyclic) bond motifs is 2. The molecule has 1 N–H and O–H groups in total. The average molecular weight is 282 g/mol. The quantitative estimate of drug-likeness (QED) is 0.780. The number of thiazole rings is 1. The number of aryl methyl sites for hydroxylation is 1. The Morgan fingerprint density at radius 2 is 2.10 bits per heavy atom. The summed E-state index contributed by atoms with van der Waals surface area (Å²) in [4.78, 5) is 13.9. The van der Waals surface area contributed by atoms with Crippen LogP contribution in [0.5, 0.6) is 0 Å². The van der Waals surface area contributed by atoms with Gasteiger partial charge in [0, 0.05) is 0 Å². The lowest BCUT2D eigenvalue weighted by Gasteiger charge is -2.26. The highest BCUT2D eigenvalue weighted by Crippen LogP contribution is 2.33. The molecule has 0 saturated heterocycles. The molecule has 0 amide bonds. The smallest absolute Gasteiger partial charge is 0.157 e. The molecule has 5 heteroatoms. The molecule has 4 rings (SSSR count). The van der Waals surface area contributed by atoms with E-state index in [1.54, 1.807) is 17.7 Å². The summed E-state index contributed by atoms with van der Waals surface area (Å²) in [6.07, 6.45) is 5.12. The molecule has 0 bridgehead atoms. The molecule has 3 aromatic rings. The normalized spacial score (nSPS) is 17.9. The first-order valence-corrected chi connectivity index (χ1v) is 7.68. The third-order valence-electron chi connectivity index (χ3n) is 3.82. The predicted octanol–water partition coefficient (Wildman–Crippen LogP) is 3.58. The molecular formula is C15H14N4S. The lowest BCUT2D eigenvalue weighted by molar-refractivity contribution is 0.599. The molecule has 4 nitrogen and oxygen atoms in total. The molecule has 0 fully saturated rings. The van der Waals surface area contributed by atoms with Crippen molar-refractivity contribution in [1.82, 2.24) is 15.0 Å². The maximum atomic E-state index is 4.37. The van der Waals surface area contributed by atoms with Crippen molar-refractivity contribution in [2.75, 3.05) is 5.32 Å². The molecule has 2 heterocycles. The first kappa shape index (κ1) is 11.8. The molecule has 1 aromatic carbocycles. The van der Waals surface area contributed by atoms with E-state index in [4.69, 9.17) is 0 Å². The Kier molecular flexibility index (Phi) is 2.85. The van der Waals surface area contributed by atoms with Gasteiger partial charge in [-0.2, -0.15) is 0 Å². The van der Waals surface area contributed by atoms with Crippen LogP contribution in [0.2, 0.25) is 0 Å². The van der Waals surface area contributed by atoms with Crippen LogP contribution in [0.15, 0.2) is 36.1 Å². The molecule has 1 aliphatic carbocycles. The minimum atomic E-state index is 0.319. The van der Waals surface area contributed by atoms with E-state index in [1.807, 2.05) is 5.51 Å². The van der Waals surface area contributed by atoms with Crippen molar-refractivity contribution < 1.29 is 0 Å². The highest BCUT2D eigenvalue weighted by atomic mass is 32.1. The monoisotopic (exact) mass is 282 g/mol. The van der Waals surface area contributed by atoms with Crippen molar-refractivity contribution in [3.05, 3.63) is 47.2 Å². The number of rotatable bonds is 2. The third-order valence-corrected chi connectivity index (χ3v) is 4.55. The zero-order valence-electron chi connectivity index (χ0n) is 10.9. The van der Waals surface area contributed by atoms with Gasteiger partial charge < -0.3 is 5.32 Å². The van der Waals surface area contributed by atoms with Crippen molar-refractivity contribution >= 4 is 27.5 Å². The zero-order chi connectivity index (χ0) is 13.4. The molecule has 100 valence electrons. The van der Waals surface area contributed by atoms with Gasteiger partial charge in [-0.3, -0.25) is 0 Å². The number of hydrogen-bond donors (Lipinski definition) is 1. The Morgan fingerprint density at radius 1 is 1.15 bits per heavy atom. The molecule has 0 aliphatic heterocycles. The van der Waals surface area contributed by atoms with Crippen LogP contribution in [0.1, 0.15) is 30.0 Å². The number of anilines is 1. The predicted molar refractivity (Wildman–Crippen MR) is 81.0 cm³/mol. The number of hydrogen-bond acceptors (Lipinski definition) is 5. The van der Waals surface area contributed by atoms with E-state index in [0.717, 1.165) is 22.6 Å². The number of nitrogens with one attached hydrogen (secondary N) is 1. The second-order valence-electron chi connectivity index (χ2n) is 5.02. The van der Waals surface area contributed by atoms with Crippen molar-refractivity contribution in [3.8, 4) is 0 Å². The average Bonchev–Trinajstić information content (AvgIpc) is 2.97. The van der Waals surface area contributed by atoms with E-state index in [1.165, 1.54) is 24.0 Å². The fraction of sp³-hybridized carbons (Fsp3) is 0.267. The zero-order valence-corrected chi connectivity index (χ0v) is 11.7. The van der Waals surface area contributed by atoms with E-state index in [2.05, 4.69) is 44.5 Å². The number of benzene rings is 1. The minimum Gasteiger partial charge on any atom is -0.361 e. The molecular weight excluding hydrogens is 268 g/mol.